The molecule has 0 aliphatic rings. The minimum Gasteiger partial charge on any atom is -0.507 e. The van der Waals surface area contributed by atoms with E-state index in [0.717, 1.165) is 6.07 Å². The van der Waals surface area contributed by atoms with Gasteiger partial charge in [-0.2, -0.15) is 0 Å². The predicted octanol–water partition coefficient (Wildman–Crippen LogP) is 4.46. The van der Waals surface area contributed by atoms with E-state index in [0.29, 0.717) is 8.59 Å². The molecule has 0 aliphatic heterocycles. The normalized spacial score (nSPS) is 10.3. The molecule has 0 saturated heterocycles. The number of hydrogen-bond donors (Lipinski definition) is 2. The van der Waals surface area contributed by atoms with Gasteiger partial charge in [0.05, 0.1) is 26.2 Å². The van der Waals surface area contributed by atoms with Crippen LogP contribution in [0, 0.1) is 13.7 Å². The molecule has 22 heavy (non-hydrogen) atoms. The van der Waals surface area contributed by atoms with Gasteiger partial charge in [-0.05, 0) is 40.8 Å². The van der Waals surface area contributed by atoms with Gasteiger partial charge in [0.1, 0.15) is 5.75 Å². The van der Waals surface area contributed by atoms with E-state index in [2.05, 4.69) is 5.32 Å². The monoisotopic (exact) mass is 452 g/mol. The molecular weight excluding hydrogens is 446 g/mol. The van der Waals surface area contributed by atoms with Crippen LogP contribution in [0.2, 0.25) is 10.0 Å². The van der Waals surface area contributed by atoms with Crippen LogP contribution in [0.25, 0.3) is 0 Å². The first-order valence-electron chi connectivity index (χ1n) is 5.73. The number of benzene rings is 2. The summed E-state index contributed by atoms with van der Waals surface area (Å²) in [6.45, 7) is 0. The Morgan fingerprint density at radius 2 is 1.91 bits per heavy atom. The van der Waals surface area contributed by atoms with Gasteiger partial charge >= 0.3 is 0 Å². The maximum atomic E-state index is 12.1. The quantitative estimate of drug-likeness (QED) is 0.408. The minimum atomic E-state index is -0.633. The Hall–Kier alpha value is -1.58. The number of hydrogen-bond acceptors (Lipinski definition) is 4. The van der Waals surface area contributed by atoms with Gasteiger partial charge in [-0.15, -0.1) is 0 Å². The van der Waals surface area contributed by atoms with Crippen molar-refractivity contribution in [2.24, 2.45) is 0 Å². The highest BCUT2D eigenvalue weighted by atomic mass is 127. The molecule has 0 aliphatic carbocycles. The van der Waals surface area contributed by atoms with Crippen molar-refractivity contribution in [2.45, 2.75) is 0 Å². The first-order chi connectivity index (χ1) is 10.3. The van der Waals surface area contributed by atoms with Crippen LogP contribution in [0.5, 0.6) is 5.75 Å². The summed E-state index contributed by atoms with van der Waals surface area (Å²) in [5.74, 6) is -0.865. The molecule has 9 heteroatoms. The zero-order valence-corrected chi connectivity index (χ0v) is 14.3. The molecule has 2 N–H and O–H groups in total. The molecule has 2 rings (SSSR count). The largest absolute Gasteiger partial charge is 0.507 e. The minimum absolute atomic E-state index is 0.0126. The van der Waals surface area contributed by atoms with Crippen LogP contribution >= 0.6 is 45.8 Å². The summed E-state index contributed by atoms with van der Waals surface area (Å²) >= 11 is 13.7. The summed E-state index contributed by atoms with van der Waals surface area (Å²) in [6.07, 6.45) is 0. The zero-order valence-electron chi connectivity index (χ0n) is 10.6. The molecule has 2 aromatic carbocycles. The Kier molecular flexibility index (Phi) is 5.09. The molecule has 114 valence electrons. The van der Waals surface area contributed by atoms with Gasteiger partial charge in [0.25, 0.3) is 11.6 Å². The van der Waals surface area contributed by atoms with Gasteiger partial charge in [0.2, 0.25) is 0 Å². The van der Waals surface area contributed by atoms with Crippen LogP contribution in [0.1, 0.15) is 10.4 Å². The highest BCUT2D eigenvalue weighted by Crippen LogP contribution is 2.30. The molecule has 0 fully saturated rings. The van der Waals surface area contributed by atoms with Crippen molar-refractivity contribution >= 4 is 63.1 Å². The lowest BCUT2D eigenvalue weighted by Gasteiger charge is -2.09. The molecule has 0 spiro atoms. The number of anilines is 1. The molecule has 0 atom stereocenters. The van der Waals surface area contributed by atoms with Gasteiger partial charge in [-0.1, -0.05) is 23.2 Å². The molecule has 2 aromatic rings. The summed E-state index contributed by atoms with van der Waals surface area (Å²) in [6, 6.07) is 6.33. The molecule has 6 nitrogen and oxygen atoms in total. The van der Waals surface area contributed by atoms with E-state index in [9.17, 15) is 20.0 Å². The lowest BCUT2D eigenvalue weighted by molar-refractivity contribution is -0.384. The SMILES string of the molecule is O=C(Nc1ccc([N+](=O)[O-])cc1Cl)c1cc(Cl)c(I)cc1O. The molecule has 0 aromatic heterocycles. The molecule has 0 bridgehead atoms. The number of carbonyl (C=O) groups excluding carboxylic acids is 1. The highest BCUT2D eigenvalue weighted by Gasteiger charge is 2.16. The second-order valence-electron chi connectivity index (χ2n) is 4.16. The van der Waals surface area contributed by atoms with Crippen LogP contribution in [-0.4, -0.2) is 15.9 Å². The third kappa shape index (κ3) is 3.60. The van der Waals surface area contributed by atoms with Crippen LogP contribution in [0.4, 0.5) is 11.4 Å². The van der Waals surface area contributed by atoms with Crippen molar-refractivity contribution in [3.8, 4) is 5.75 Å². The number of nitrogens with one attached hydrogen (secondary N) is 1. The summed E-state index contributed by atoms with van der Waals surface area (Å²) < 4.78 is 0.599. The summed E-state index contributed by atoms with van der Waals surface area (Å²) in [4.78, 5) is 22.2. The number of aromatic hydroxyl groups is 1. The fourth-order valence-corrected chi connectivity index (χ4v) is 2.46. The lowest BCUT2D eigenvalue weighted by atomic mass is 10.2. The number of nitrogens with zero attached hydrogens (tertiary/aromatic N) is 1. The van der Waals surface area contributed by atoms with E-state index in [1.54, 1.807) is 0 Å². The topological polar surface area (TPSA) is 92.5 Å². The third-order valence-corrected chi connectivity index (χ3v) is 4.53. The highest BCUT2D eigenvalue weighted by molar-refractivity contribution is 14.1. The lowest BCUT2D eigenvalue weighted by Crippen LogP contribution is -2.12. The first kappa shape index (κ1) is 16.8. The Balaban J connectivity index is 2.30. The number of carbonyl (C=O) groups is 1. The smallest absolute Gasteiger partial charge is 0.271 e. The van der Waals surface area contributed by atoms with Crippen molar-refractivity contribution in [3.05, 3.63) is 59.6 Å². The Bertz CT molecular complexity index is 783. The average Bonchev–Trinajstić information content (AvgIpc) is 2.44. The van der Waals surface area contributed by atoms with E-state index in [4.69, 9.17) is 23.2 Å². The van der Waals surface area contributed by atoms with Gasteiger partial charge < -0.3 is 10.4 Å². The van der Waals surface area contributed by atoms with E-state index >= 15 is 0 Å². The van der Waals surface area contributed by atoms with Crippen molar-refractivity contribution in [2.75, 3.05) is 5.32 Å². The predicted molar refractivity (Wildman–Crippen MR) is 91.9 cm³/mol. The molecule has 0 unspecified atom stereocenters. The van der Waals surface area contributed by atoms with E-state index in [-0.39, 0.29) is 27.7 Å². The number of rotatable bonds is 3. The van der Waals surface area contributed by atoms with Crippen molar-refractivity contribution in [1.29, 1.82) is 0 Å². The van der Waals surface area contributed by atoms with E-state index in [1.165, 1.54) is 24.3 Å². The number of non-ortho nitro benzene ring substituents is 1. The Morgan fingerprint density at radius 1 is 1.23 bits per heavy atom. The maximum absolute atomic E-state index is 12.1. The zero-order chi connectivity index (χ0) is 16.4. The fraction of sp³-hybridized carbons (Fsp3) is 0. The number of phenolic OH excluding ortho intramolecular Hbond substituents is 1. The first-order valence-corrected chi connectivity index (χ1v) is 7.56. The van der Waals surface area contributed by atoms with Crippen molar-refractivity contribution in [3.63, 3.8) is 0 Å². The average molecular weight is 453 g/mol. The third-order valence-electron chi connectivity index (χ3n) is 2.69. The van der Waals surface area contributed by atoms with Gasteiger partial charge in [0, 0.05) is 15.7 Å². The van der Waals surface area contributed by atoms with Crippen molar-refractivity contribution < 1.29 is 14.8 Å². The number of halogens is 3. The summed E-state index contributed by atoms with van der Waals surface area (Å²) in [5, 5.41) is 23.2. The van der Waals surface area contributed by atoms with Crippen LogP contribution in [0.15, 0.2) is 30.3 Å². The van der Waals surface area contributed by atoms with Crippen molar-refractivity contribution in [1.82, 2.24) is 0 Å². The molecule has 0 heterocycles. The molecule has 0 radical (unpaired) electrons. The fourth-order valence-electron chi connectivity index (χ4n) is 1.63. The van der Waals surface area contributed by atoms with Gasteiger partial charge in [-0.3, -0.25) is 14.9 Å². The van der Waals surface area contributed by atoms with Gasteiger partial charge in [0.15, 0.2) is 0 Å². The number of amides is 1. The summed E-state index contributed by atoms with van der Waals surface area (Å²) in [7, 11) is 0. The number of phenols is 1. The van der Waals surface area contributed by atoms with E-state index in [1.807, 2.05) is 22.6 Å². The van der Waals surface area contributed by atoms with Gasteiger partial charge in [-0.25, -0.2) is 0 Å². The Labute approximate surface area is 148 Å². The number of nitro benzene ring substituents is 1. The van der Waals surface area contributed by atoms with Crippen LogP contribution < -0.4 is 5.32 Å². The van der Waals surface area contributed by atoms with Crippen LogP contribution in [-0.2, 0) is 0 Å². The second kappa shape index (κ2) is 6.67. The molecular formula is C13H7Cl2IN2O4. The molecule has 0 saturated carbocycles. The number of nitro groups is 1. The van der Waals surface area contributed by atoms with Crippen LogP contribution in [0.3, 0.4) is 0 Å². The maximum Gasteiger partial charge on any atom is 0.271 e. The van der Waals surface area contributed by atoms with E-state index < -0.39 is 10.8 Å². The standard InChI is InChI=1S/C13H7Cl2IN2O4/c14-8-4-7(12(19)5-10(8)16)13(20)17-11-2-1-6(18(21)22)3-9(11)15/h1-5,19H,(H,17,20). The molecule has 1 amide bonds. The second-order valence-corrected chi connectivity index (χ2v) is 6.14. The summed E-state index contributed by atoms with van der Waals surface area (Å²) in [5.41, 5.74) is -0.0330. The Morgan fingerprint density at radius 3 is 2.50 bits per heavy atom.